The molecule has 0 spiro atoms. The number of rotatable bonds is 6. The van der Waals surface area contributed by atoms with Crippen LogP contribution >= 0.6 is 0 Å². The number of anilines is 1. The van der Waals surface area contributed by atoms with E-state index >= 15 is 4.39 Å². The monoisotopic (exact) mass is 532 g/mol. The first-order valence-electron chi connectivity index (χ1n) is 13.0. The van der Waals surface area contributed by atoms with E-state index in [1.54, 1.807) is 12.1 Å². The average molecular weight is 533 g/mol. The fraction of sp³-hybridized carbons (Fsp3) is 0.536. The van der Waals surface area contributed by atoms with Crippen LogP contribution in [0.25, 0.3) is 0 Å². The molecule has 1 unspecified atom stereocenters. The second kappa shape index (κ2) is 11.0. The molecule has 1 saturated heterocycles. The summed E-state index contributed by atoms with van der Waals surface area (Å²) in [6, 6.07) is 7.21. The summed E-state index contributed by atoms with van der Waals surface area (Å²) in [5.41, 5.74) is 1.09. The van der Waals surface area contributed by atoms with Gasteiger partial charge in [-0.2, -0.15) is 4.39 Å². The Hall–Kier alpha value is -2.98. The van der Waals surface area contributed by atoms with Crippen molar-refractivity contribution >= 4 is 17.5 Å². The molecule has 7 nitrogen and oxygen atoms in total. The molecule has 1 saturated carbocycles. The van der Waals surface area contributed by atoms with Gasteiger partial charge < -0.3 is 15.7 Å². The van der Waals surface area contributed by atoms with Crippen LogP contribution < -0.4 is 15.5 Å². The molecule has 0 radical (unpaired) electrons. The van der Waals surface area contributed by atoms with Crippen molar-refractivity contribution in [2.75, 3.05) is 11.4 Å². The predicted molar refractivity (Wildman–Crippen MR) is 137 cm³/mol. The number of hydrogen-bond donors (Lipinski definition) is 3. The summed E-state index contributed by atoms with van der Waals surface area (Å²) >= 11 is 0. The molecule has 1 aliphatic carbocycles. The minimum absolute atomic E-state index is 0.0750. The molecule has 10 heteroatoms. The number of aromatic nitrogens is 1. The molecule has 38 heavy (non-hydrogen) atoms. The van der Waals surface area contributed by atoms with Crippen LogP contribution in [0.15, 0.2) is 42.6 Å². The summed E-state index contributed by atoms with van der Waals surface area (Å²) in [5.74, 6) is -4.88. The Labute approximate surface area is 220 Å². The Kier molecular flexibility index (Phi) is 8.13. The van der Waals surface area contributed by atoms with Crippen molar-refractivity contribution in [1.29, 1.82) is 0 Å². The first-order chi connectivity index (χ1) is 17.9. The average Bonchev–Trinajstić information content (AvgIpc) is 3.30. The molecule has 2 fully saturated rings. The second-order valence-corrected chi connectivity index (χ2v) is 11.3. The third-order valence-electron chi connectivity index (χ3n) is 7.31. The Morgan fingerprint density at radius 1 is 1.16 bits per heavy atom. The second-order valence-electron chi connectivity index (χ2n) is 11.3. The zero-order chi connectivity index (χ0) is 27.7. The topological polar surface area (TPSA) is 94.6 Å². The van der Waals surface area contributed by atoms with Gasteiger partial charge in [0.15, 0.2) is 0 Å². The summed E-state index contributed by atoms with van der Waals surface area (Å²) in [5, 5.41) is 15.8. The van der Waals surface area contributed by atoms with Gasteiger partial charge in [0.2, 0.25) is 23.7 Å². The molecule has 1 aliphatic heterocycles. The van der Waals surface area contributed by atoms with Crippen LogP contribution in [-0.2, 0) is 15.0 Å². The van der Waals surface area contributed by atoms with Gasteiger partial charge in [-0.3, -0.25) is 14.5 Å². The quantitative estimate of drug-likeness (QED) is 0.489. The van der Waals surface area contributed by atoms with Gasteiger partial charge in [-0.25, -0.2) is 13.8 Å². The number of nitrogens with one attached hydrogen (secondary N) is 2. The Balaban J connectivity index is 1.75. The lowest BCUT2D eigenvalue weighted by Crippen LogP contribution is -2.52. The minimum Gasteiger partial charge on any atom is -0.392 e. The highest BCUT2D eigenvalue weighted by Crippen LogP contribution is 2.35. The van der Waals surface area contributed by atoms with Crippen molar-refractivity contribution in [3.8, 4) is 0 Å². The van der Waals surface area contributed by atoms with Crippen LogP contribution in [-0.4, -0.2) is 52.6 Å². The van der Waals surface area contributed by atoms with Crippen molar-refractivity contribution in [2.45, 2.75) is 88.4 Å². The number of nitrogens with zero attached hydrogens (tertiary/aromatic N) is 2. The smallest absolute Gasteiger partial charge is 0.248 e. The summed E-state index contributed by atoms with van der Waals surface area (Å²) in [6.45, 7) is 6.35. The fourth-order valence-corrected chi connectivity index (χ4v) is 5.06. The molecule has 0 bridgehead atoms. The lowest BCUT2D eigenvalue weighted by molar-refractivity contribution is -0.128. The largest absolute Gasteiger partial charge is 0.392 e. The Morgan fingerprint density at radius 2 is 1.82 bits per heavy atom. The third kappa shape index (κ3) is 6.35. The molecule has 2 aliphatic rings. The zero-order valence-electron chi connectivity index (χ0n) is 21.9. The maximum atomic E-state index is 15.1. The molecule has 2 amide bonds. The van der Waals surface area contributed by atoms with Gasteiger partial charge in [0.25, 0.3) is 0 Å². The Bertz CT molecular complexity index is 1140. The van der Waals surface area contributed by atoms with E-state index in [1.807, 2.05) is 32.9 Å². The minimum atomic E-state index is -2.78. The van der Waals surface area contributed by atoms with Crippen LogP contribution in [0.1, 0.15) is 70.0 Å². The molecule has 206 valence electrons. The van der Waals surface area contributed by atoms with Crippen molar-refractivity contribution in [3.63, 3.8) is 0 Å². The number of halogens is 3. The summed E-state index contributed by atoms with van der Waals surface area (Å²) in [4.78, 5) is 32.6. The number of aliphatic hydroxyl groups is 1. The number of hydrogen-bond acceptors (Lipinski definition) is 5. The molecule has 3 N–H and O–H groups in total. The van der Waals surface area contributed by atoms with Gasteiger partial charge in [-0.05, 0) is 48.4 Å². The number of aliphatic hydroxyl groups excluding tert-OH is 1. The summed E-state index contributed by atoms with van der Waals surface area (Å²) < 4.78 is 42.5. The van der Waals surface area contributed by atoms with Crippen molar-refractivity contribution in [2.24, 2.45) is 0 Å². The number of amides is 2. The van der Waals surface area contributed by atoms with Crippen LogP contribution in [0.5, 0.6) is 0 Å². The van der Waals surface area contributed by atoms with Gasteiger partial charge in [0.1, 0.15) is 6.04 Å². The molecular weight excluding hydrogens is 497 g/mol. The van der Waals surface area contributed by atoms with E-state index in [0.29, 0.717) is 5.69 Å². The first kappa shape index (κ1) is 28.0. The van der Waals surface area contributed by atoms with Crippen molar-refractivity contribution in [1.82, 2.24) is 15.6 Å². The third-order valence-corrected chi connectivity index (χ3v) is 7.31. The maximum absolute atomic E-state index is 15.1. The number of carbonyl (C=O) groups is 2. The van der Waals surface area contributed by atoms with Crippen molar-refractivity contribution in [3.05, 3.63) is 59.7 Å². The lowest BCUT2D eigenvalue weighted by atomic mass is 9.87. The zero-order valence-corrected chi connectivity index (χ0v) is 21.9. The number of benzene rings is 1. The van der Waals surface area contributed by atoms with E-state index in [9.17, 15) is 23.5 Å². The van der Waals surface area contributed by atoms with Gasteiger partial charge >= 0.3 is 0 Å². The van der Waals surface area contributed by atoms with E-state index in [1.165, 1.54) is 23.2 Å². The fourth-order valence-electron chi connectivity index (χ4n) is 5.06. The number of carbonyl (C=O) groups excluding carboxylic acids is 2. The highest BCUT2D eigenvalue weighted by atomic mass is 19.3. The van der Waals surface area contributed by atoms with E-state index < -0.39 is 47.9 Å². The predicted octanol–water partition coefficient (Wildman–Crippen LogP) is 4.01. The number of alkyl halides is 2. The molecule has 4 rings (SSSR count). The van der Waals surface area contributed by atoms with E-state index in [-0.39, 0.29) is 49.6 Å². The molecule has 2 heterocycles. The number of pyridine rings is 1. The van der Waals surface area contributed by atoms with E-state index in [4.69, 9.17) is 0 Å². The highest BCUT2D eigenvalue weighted by molar-refractivity contribution is 6.04. The summed E-state index contributed by atoms with van der Waals surface area (Å²) in [7, 11) is 0. The van der Waals surface area contributed by atoms with E-state index in [2.05, 4.69) is 15.6 Å². The normalized spacial score (nSPS) is 22.6. The van der Waals surface area contributed by atoms with Crippen LogP contribution in [0, 0.1) is 5.95 Å². The number of β-amino-alcohol motifs (C(OH)–C–C–N with tert-alkyl or cyclic N) is 1. The van der Waals surface area contributed by atoms with Crippen LogP contribution in [0.4, 0.5) is 18.9 Å². The molecule has 2 aromatic rings. The summed E-state index contributed by atoms with van der Waals surface area (Å²) in [6.07, 6.45) is 0.0833. The van der Waals surface area contributed by atoms with Gasteiger partial charge in [-0.15, -0.1) is 0 Å². The van der Waals surface area contributed by atoms with Gasteiger partial charge in [0.05, 0.1) is 12.1 Å². The van der Waals surface area contributed by atoms with Crippen LogP contribution in [0.3, 0.4) is 0 Å². The molecule has 3 atom stereocenters. The standard InChI is InChI=1S/C28H35F3N4O3/c1-27(2,3)17-6-8-19(9-7-17)35(26(38)22-15-20(36)16-33-22)23(21-5-4-14-32-24(21)29)25(37)34-18-10-12-28(30,31)13-11-18/h4-9,14,18,20,22-23,33,36H,10-13,15-16H2,1-3H3,(H,34,37)/t20-,22-,23?/m1/s1. The van der Waals surface area contributed by atoms with Crippen LogP contribution in [0.2, 0.25) is 0 Å². The van der Waals surface area contributed by atoms with Gasteiger partial charge in [0, 0.05) is 42.9 Å². The SMILES string of the molecule is CC(C)(C)c1ccc(N(C(=O)[C@H]2C[C@@H](O)CN2)C(C(=O)NC2CCC(F)(F)CC2)c2cccnc2F)cc1. The first-order valence-corrected chi connectivity index (χ1v) is 13.0. The van der Waals surface area contributed by atoms with E-state index in [0.717, 1.165) is 5.56 Å². The Morgan fingerprint density at radius 3 is 2.37 bits per heavy atom. The maximum Gasteiger partial charge on any atom is 0.248 e. The molecule has 1 aromatic carbocycles. The van der Waals surface area contributed by atoms with Crippen molar-refractivity contribution < 1.29 is 27.9 Å². The lowest BCUT2D eigenvalue weighted by Gasteiger charge is -2.35. The molecular formula is C28H35F3N4O3. The highest BCUT2D eigenvalue weighted by Gasteiger charge is 2.42. The molecule has 1 aromatic heterocycles. The van der Waals surface area contributed by atoms with Gasteiger partial charge in [-0.1, -0.05) is 39.0 Å².